The third-order valence-electron chi connectivity index (χ3n) is 2.76. The van der Waals surface area contributed by atoms with Gasteiger partial charge in [-0.1, -0.05) is 11.8 Å². The Kier molecular flexibility index (Phi) is 4.94. The predicted octanol–water partition coefficient (Wildman–Crippen LogP) is 3.47. The highest BCUT2D eigenvalue weighted by Gasteiger charge is 2.09. The molecule has 0 saturated heterocycles. The highest BCUT2D eigenvalue weighted by molar-refractivity contribution is 7.99. The lowest BCUT2D eigenvalue weighted by atomic mass is 10.2. The van der Waals surface area contributed by atoms with Crippen molar-refractivity contribution in [3.05, 3.63) is 53.9 Å². The topological polar surface area (TPSA) is 67.8 Å². The number of hydrogen-bond acceptors (Lipinski definition) is 6. The Balaban J connectivity index is 1.58. The minimum Gasteiger partial charge on any atom is -0.301 e. The third kappa shape index (κ3) is 4.33. The van der Waals surface area contributed by atoms with Crippen molar-refractivity contribution in [2.45, 2.75) is 5.16 Å². The summed E-state index contributed by atoms with van der Waals surface area (Å²) in [6.45, 7) is 0. The number of carbonyl (C=O) groups is 1. The van der Waals surface area contributed by atoms with Crippen LogP contribution in [0.2, 0.25) is 0 Å². The zero-order valence-electron chi connectivity index (χ0n) is 11.8. The quantitative estimate of drug-likeness (QED) is 0.566. The minimum atomic E-state index is -0.294. The molecule has 3 rings (SSSR count). The standard InChI is InChI=1S/C15H11FN4OS2/c16-11-4-2-10(3-5-11)12-8-22-15(19-12)20-13(21)9-23-14-17-6-1-7-18-14/h1-8H,9H2,(H,19,20,21). The molecule has 8 heteroatoms. The molecule has 2 heterocycles. The first-order valence-corrected chi connectivity index (χ1v) is 8.48. The first kappa shape index (κ1) is 15.6. The van der Waals surface area contributed by atoms with Gasteiger partial charge in [0.15, 0.2) is 10.3 Å². The summed E-state index contributed by atoms with van der Waals surface area (Å²) < 4.78 is 12.9. The number of amides is 1. The molecule has 3 aromatic rings. The predicted molar refractivity (Wildman–Crippen MR) is 88.9 cm³/mol. The molecule has 2 aromatic heterocycles. The summed E-state index contributed by atoms with van der Waals surface area (Å²) in [4.78, 5) is 24.3. The molecule has 0 aliphatic carbocycles. The Morgan fingerprint density at radius 3 is 2.70 bits per heavy atom. The van der Waals surface area contributed by atoms with Crippen LogP contribution >= 0.6 is 23.1 Å². The molecule has 1 N–H and O–H groups in total. The smallest absolute Gasteiger partial charge is 0.236 e. The SMILES string of the molecule is O=C(CSc1ncccn1)Nc1nc(-c2ccc(F)cc2)cs1. The van der Waals surface area contributed by atoms with Crippen molar-refractivity contribution in [1.29, 1.82) is 0 Å². The van der Waals surface area contributed by atoms with E-state index in [1.165, 1.54) is 35.2 Å². The lowest BCUT2D eigenvalue weighted by Gasteiger charge is -2.00. The van der Waals surface area contributed by atoms with E-state index in [0.717, 1.165) is 5.56 Å². The van der Waals surface area contributed by atoms with E-state index in [-0.39, 0.29) is 17.5 Å². The van der Waals surface area contributed by atoms with Gasteiger partial charge < -0.3 is 5.32 Å². The second-order valence-electron chi connectivity index (χ2n) is 4.41. The maximum Gasteiger partial charge on any atom is 0.236 e. The molecule has 0 radical (unpaired) electrons. The van der Waals surface area contributed by atoms with E-state index in [1.807, 2.05) is 5.38 Å². The highest BCUT2D eigenvalue weighted by Crippen LogP contribution is 2.25. The van der Waals surface area contributed by atoms with Gasteiger partial charge in [0, 0.05) is 23.3 Å². The summed E-state index contributed by atoms with van der Waals surface area (Å²) >= 11 is 2.57. The summed E-state index contributed by atoms with van der Waals surface area (Å²) in [5, 5.41) is 5.60. The van der Waals surface area contributed by atoms with Crippen molar-refractivity contribution in [3.8, 4) is 11.3 Å². The Bertz CT molecular complexity index is 793. The number of benzene rings is 1. The second-order valence-corrected chi connectivity index (χ2v) is 6.21. The first-order chi connectivity index (χ1) is 11.2. The number of carbonyl (C=O) groups excluding carboxylic acids is 1. The van der Waals surface area contributed by atoms with Gasteiger partial charge in [-0.2, -0.15) is 0 Å². The van der Waals surface area contributed by atoms with E-state index >= 15 is 0 Å². The van der Waals surface area contributed by atoms with Crippen LogP contribution in [-0.4, -0.2) is 26.6 Å². The molecule has 0 aliphatic heterocycles. The molecule has 1 aromatic carbocycles. The van der Waals surface area contributed by atoms with Crippen molar-refractivity contribution in [2.75, 3.05) is 11.1 Å². The molecule has 23 heavy (non-hydrogen) atoms. The fourth-order valence-corrected chi connectivity index (χ4v) is 3.07. The zero-order valence-corrected chi connectivity index (χ0v) is 13.4. The Morgan fingerprint density at radius 2 is 1.96 bits per heavy atom. The van der Waals surface area contributed by atoms with Crippen LogP contribution < -0.4 is 5.32 Å². The summed E-state index contributed by atoms with van der Waals surface area (Å²) in [5.74, 6) is -0.268. The van der Waals surface area contributed by atoms with E-state index in [0.29, 0.717) is 16.0 Å². The maximum absolute atomic E-state index is 12.9. The van der Waals surface area contributed by atoms with Gasteiger partial charge in [0.2, 0.25) is 5.91 Å². The highest BCUT2D eigenvalue weighted by atomic mass is 32.2. The van der Waals surface area contributed by atoms with E-state index in [2.05, 4.69) is 20.3 Å². The Hall–Kier alpha value is -2.32. The third-order valence-corrected chi connectivity index (χ3v) is 4.40. The fraction of sp³-hybridized carbons (Fsp3) is 0.0667. The van der Waals surface area contributed by atoms with E-state index in [1.54, 1.807) is 30.6 Å². The summed E-state index contributed by atoms with van der Waals surface area (Å²) in [5.41, 5.74) is 1.50. The summed E-state index contributed by atoms with van der Waals surface area (Å²) in [7, 11) is 0. The maximum atomic E-state index is 12.9. The van der Waals surface area contributed by atoms with Crippen LogP contribution in [0.5, 0.6) is 0 Å². The van der Waals surface area contributed by atoms with Gasteiger partial charge in [0.25, 0.3) is 0 Å². The van der Waals surface area contributed by atoms with Crippen LogP contribution in [0.15, 0.2) is 53.3 Å². The van der Waals surface area contributed by atoms with Gasteiger partial charge in [0.1, 0.15) is 5.82 Å². The number of nitrogens with zero attached hydrogens (tertiary/aromatic N) is 3. The van der Waals surface area contributed by atoms with E-state index in [9.17, 15) is 9.18 Å². The second kappa shape index (κ2) is 7.30. The Labute approximate surface area is 140 Å². The monoisotopic (exact) mass is 346 g/mol. The van der Waals surface area contributed by atoms with Gasteiger partial charge >= 0.3 is 0 Å². The number of anilines is 1. The molecule has 0 bridgehead atoms. The van der Waals surface area contributed by atoms with Crippen molar-refractivity contribution in [3.63, 3.8) is 0 Å². The number of hydrogen-bond donors (Lipinski definition) is 1. The molecular weight excluding hydrogens is 335 g/mol. The number of thioether (sulfide) groups is 1. The molecule has 5 nitrogen and oxygen atoms in total. The van der Waals surface area contributed by atoms with Crippen LogP contribution in [0.3, 0.4) is 0 Å². The van der Waals surface area contributed by atoms with Gasteiger partial charge in [-0.15, -0.1) is 11.3 Å². The van der Waals surface area contributed by atoms with Crippen molar-refractivity contribution in [2.24, 2.45) is 0 Å². The molecule has 0 spiro atoms. The molecule has 0 fully saturated rings. The van der Waals surface area contributed by atoms with Gasteiger partial charge in [-0.05, 0) is 30.3 Å². The molecule has 0 aliphatic rings. The lowest BCUT2D eigenvalue weighted by molar-refractivity contribution is -0.113. The fourth-order valence-electron chi connectivity index (χ4n) is 1.73. The van der Waals surface area contributed by atoms with Crippen LogP contribution in [-0.2, 0) is 4.79 Å². The molecular formula is C15H11FN4OS2. The Morgan fingerprint density at radius 1 is 1.22 bits per heavy atom. The average molecular weight is 346 g/mol. The summed E-state index contributed by atoms with van der Waals surface area (Å²) in [6.07, 6.45) is 3.26. The van der Waals surface area contributed by atoms with Crippen LogP contribution in [0.4, 0.5) is 9.52 Å². The van der Waals surface area contributed by atoms with E-state index < -0.39 is 0 Å². The molecule has 1 amide bonds. The largest absolute Gasteiger partial charge is 0.301 e. The number of nitrogens with one attached hydrogen (secondary N) is 1. The number of halogens is 1. The lowest BCUT2D eigenvalue weighted by Crippen LogP contribution is -2.14. The molecule has 0 saturated carbocycles. The van der Waals surface area contributed by atoms with Crippen LogP contribution in [0.1, 0.15) is 0 Å². The summed E-state index contributed by atoms with van der Waals surface area (Å²) in [6, 6.07) is 7.78. The van der Waals surface area contributed by atoms with Gasteiger partial charge in [-0.3, -0.25) is 4.79 Å². The zero-order chi connectivity index (χ0) is 16.1. The number of rotatable bonds is 5. The number of thiazole rings is 1. The van der Waals surface area contributed by atoms with Crippen molar-refractivity contribution < 1.29 is 9.18 Å². The van der Waals surface area contributed by atoms with Gasteiger partial charge in [-0.25, -0.2) is 19.3 Å². The first-order valence-electron chi connectivity index (χ1n) is 6.62. The van der Waals surface area contributed by atoms with Crippen molar-refractivity contribution >= 4 is 34.1 Å². The average Bonchev–Trinajstić information content (AvgIpc) is 3.03. The molecule has 0 unspecified atom stereocenters. The minimum absolute atomic E-state index is 0.178. The number of aromatic nitrogens is 3. The molecule has 0 atom stereocenters. The normalized spacial score (nSPS) is 10.5. The van der Waals surface area contributed by atoms with Gasteiger partial charge in [0.05, 0.1) is 11.4 Å². The van der Waals surface area contributed by atoms with Crippen molar-refractivity contribution in [1.82, 2.24) is 15.0 Å². The van der Waals surface area contributed by atoms with Crippen LogP contribution in [0, 0.1) is 5.82 Å². The van der Waals surface area contributed by atoms with Crippen LogP contribution in [0.25, 0.3) is 11.3 Å². The molecule has 116 valence electrons. The van der Waals surface area contributed by atoms with E-state index in [4.69, 9.17) is 0 Å².